The van der Waals surface area contributed by atoms with Crippen LogP contribution in [0.15, 0.2) is 40.6 Å². The van der Waals surface area contributed by atoms with Crippen LogP contribution in [0.2, 0.25) is 0 Å². The summed E-state index contributed by atoms with van der Waals surface area (Å²) < 4.78 is 8.46. The van der Waals surface area contributed by atoms with Gasteiger partial charge in [-0.05, 0) is 5.56 Å². The van der Waals surface area contributed by atoms with Crippen molar-refractivity contribution in [1.82, 2.24) is 0 Å². The van der Waals surface area contributed by atoms with Gasteiger partial charge in [-0.3, -0.25) is 0 Å². The van der Waals surface area contributed by atoms with E-state index >= 15 is 0 Å². The molecule has 1 aromatic carbocycles. The number of nitrogens with two attached hydrogens (primary N) is 1. The van der Waals surface area contributed by atoms with Crippen molar-refractivity contribution in [3.8, 4) is 0 Å². The SMILES string of the molecule is NC(=O)OC(=O)N=NC(=O)OCc1ccccc1. The Labute approximate surface area is 101 Å². The molecule has 0 atom stereocenters. The predicted octanol–water partition coefficient (Wildman–Crippen LogP) is 1.99. The molecule has 1 rings (SSSR count). The molecule has 0 aliphatic rings. The number of carbonyl (C=O) groups is 3. The van der Waals surface area contributed by atoms with Gasteiger partial charge in [-0.1, -0.05) is 40.6 Å². The van der Waals surface area contributed by atoms with Crippen LogP contribution in [0.5, 0.6) is 0 Å². The summed E-state index contributed by atoms with van der Waals surface area (Å²) in [4.78, 5) is 31.8. The minimum Gasteiger partial charge on any atom is -0.442 e. The van der Waals surface area contributed by atoms with Gasteiger partial charge < -0.3 is 15.2 Å². The molecule has 0 bridgehead atoms. The average Bonchev–Trinajstić information content (AvgIpc) is 2.34. The second-order valence-corrected chi connectivity index (χ2v) is 2.93. The Morgan fingerprint density at radius 3 is 2.28 bits per heavy atom. The molecule has 0 radical (unpaired) electrons. The van der Waals surface area contributed by atoms with Crippen molar-refractivity contribution in [2.24, 2.45) is 16.0 Å². The fourth-order valence-corrected chi connectivity index (χ4v) is 0.936. The van der Waals surface area contributed by atoms with E-state index in [0.717, 1.165) is 5.56 Å². The number of carbonyl (C=O) groups excluding carboxylic acids is 3. The third-order valence-electron chi connectivity index (χ3n) is 1.61. The standard InChI is InChI=1S/C10H9N3O5/c11-8(14)18-10(16)13-12-9(15)17-6-7-4-2-1-3-5-7/h1-5H,6H2,(H2,11,14). The van der Waals surface area contributed by atoms with Gasteiger partial charge in [0.15, 0.2) is 0 Å². The molecule has 3 amide bonds. The van der Waals surface area contributed by atoms with E-state index in [0.29, 0.717) is 0 Å². The molecule has 94 valence electrons. The molecule has 0 saturated carbocycles. The van der Waals surface area contributed by atoms with Crippen LogP contribution in [0, 0.1) is 0 Å². The van der Waals surface area contributed by atoms with Crippen molar-refractivity contribution in [1.29, 1.82) is 0 Å². The van der Waals surface area contributed by atoms with Crippen LogP contribution in [-0.2, 0) is 16.1 Å². The molecule has 0 spiro atoms. The van der Waals surface area contributed by atoms with Gasteiger partial charge >= 0.3 is 18.3 Å². The normalized spacial score (nSPS) is 10.0. The second kappa shape index (κ2) is 6.74. The highest BCUT2D eigenvalue weighted by Crippen LogP contribution is 2.01. The summed E-state index contributed by atoms with van der Waals surface area (Å²) >= 11 is 0. The Kier molecular flexibility index (Phi) is 4.98. The Morgan fingerprint density at radius 2 is 1.67 bits per heavy atom. The van der Waals surface area contributed by atoms with Gasteiger partial charge in [0.05, 0.1) is 0 Å². The van der Waals surface area contributed by atoms with E-state index in [9.17, 15) is 14.4 Å². The number of amides is 3. The number of nitrogens with zero attached hydrogens (tertiary/aromatic N) is 2. The van der Waals surface area contributed by atoms with Crippen LogP contribution in [0.3, 0.4) is 0 Å². The molecular weight excluding hydrogens is 242 g/mol. The maximum atomic E-state index is 11.0. The first-order valence-corrected chi connectivity index (χ1v) is 4.71. The molecule has 0 aliphatic carbocycles. The maximum Gasteiger partial charge on any atom is 0.461 e. The van der Waals surface area contributed by atoms with Crippen molar-refractivity contribution in [3.63, 3.8) is 0 Å². The smallest absolute Gasteiger partial charge is 0.442 e. The lowest BCUT2D eigenvalue weighted by atomic mass is 10.2. The van der Waals surface area contributed by atoms with Crippen molar-refractivity contribution in [3.05, 3.63) is 35.9 Å². The zero-order valence-corrected chi connectivity index (χ0v) is 9.11. The van der Waals surface area contributed by atoms with E-state index < -0.39 is 18.3 Å². The lowest BCUT2D eigenvalue weighted by Crippen LogP contribution is -2.15. The molecule has 0 saturated heterocycles. The number of rotatable bonds is 2. The Morgan fingerprint density at radius 1 is 1.06 bits per heavy atom. The average molecular weight is 251 g/mol. The minimum absolute atomic E-state index is 0.0104. The number of primary amides is 1. The molecule has 8 nitrogen and oxygen atoms in total. The largest absolute Gasteiger partial charge is 0.461 e. The maximum absolute atomic E-state index is 11.0. The highest BCUT2D eigenvalue weighted by Gasteiger charge is 2.06. The lowest BCUT2D eigenvalue weighted by molar-refractivity contribution is 0.145. The van der Waals surface area contributed by atoms with Crippen molar-refractivity contribution in [2.45, 2.75) is 6.61 Å². The second-order valence-electron chi connectivity index (χ2n) is 2.93. The van der Waals surface area contributed by atoms with Crippen molar-refractivity contribution < 1.29 is 23.9 Å². The van der Waals surface area contributed by atoms with E-state index in [4.69, 9.17) is 0 Å². The fourth-order valence-electron chi connectivity index (χ4n) is 0.936. The predicted molar refractivity (Wildman–Crippen MR) is 57.5 cm³/mol. The zero-order valence-electron chi connectivity index (χ0n) is 9.11. The van der Waals surface area contributed by atoms with Crippen LogP contribution < -0.4 is 5.73 Å². The molecule has 2 N–H and O–H groups in total. The van der Waals surface area contributed by atoms with Gasteiger partial charge in [-0.15, -0.1) is 0 Å². The summed E-state index contributed by atoms with van der Waals surface area (Å²) in [5.41, 5.74) is 5.29. The zero-order chi connectivity index (χ0) is 13.4. The number of hydrogen-bond donors (Lipinski definition) is 1. The van der Waals surface area contributed by atoms with Gasteiger partial charge in [-0.25, -0.2) is 14.4 Å². The van der Waals surface area contributed by atoms with Crippen LogP contribution in [0.25, 0.3) is 0 Å². The highest BCUT2D eigenvalue weighted by atomic mass is 16.6. The Balaban J connectivity index is 2.36. The number of ether oxygens (including phenoxy) is 2. The summed E-state index contributed by atoms with van der Waals surface area (Å²) in [5.74, 6) is 0. The molecular formula is C10H9N3O5. The summed E-state index contributed by atoms with van der Waals surface area (Å²) in [6, 6.07) is 8.84. The molecule has 0 unspecified atom stereocenters. The van der Waals surface area contributed by atoms with E-state index in [1.807, 2.05) is 6.07 Å². The molecule has 8 heteroatoms. The third kappa shape index (κ3) is 5.35. The summed E-state index contributed by atoms with van der Waals surface area (Å²) in [6.45, 7) is -0.0104. The highest BCUT2D eigenvalue weighted by molar-refractivity contribution is 5.83. The first-order valence-electron chi connectivity index (χ1n) is 4.71. The quantitative estimate of drug-likeness (QED) is 0.636. The molecule has 0 aliphatic heterocycles. The summed E-state index contributed by atoms with van der Waals surface area (Å²) in [7, 11) is 0. The summed E-state index contributed by atoms with van der Waals surface area (Å²) in [6.07, 6.45) is -3.81. The Hall–Kier alpha value is -2.77. The van der Waals surface area contributed by atoms with Crippen LogP contribution in [0.4, 0.5) is 14.4 Å². The number of benzene rings is 1. The molecule has 0 aromatic heterocycles. The van der Waals surface area contributed by atoms with E-state index in [2.05, 4.69) is 25.4 Å². The minimum atomic E-state index is -1.39. The topological polar surface area (TPSA) is 120 Å². The third-order valence-corrected chi connectivity index (χ3v) is 1.61. The fraction of sp³-hybridized carbons (Fsp3) is 0.100. The first kappa shape index (κ1) is 13.3. The molecule has 0 heterocycles. The van der Waals surface area contributed by atoms with Crippen molar-refractivity contribution in [2.75, 3.05) is 0 Å². The summed E-state index contributed by atoms with van der Waals surface area (Å²) in [5, 5.41) is 5.64. The van der Waals surface area contributed by atoms with Crippen LogP contribution in [-0.4, -0.2) is 18.3 Å². The van der Waals surface area contributed by atoms with Gasteiger partial charge in [0.2, 0.25) is 0 Å². The molecule has 18 heavy (non-hydrogen) atoms. The molecule has 0 fully saturated rings. The number of azo groups is 1. The van der Waals surface area contributed by atoms with Gasteiger partial charge in [-0.2, -0.15) is 0 Å². The Bertz CT molecular complexity index is 472. The first-order chi connectivity index (χ1) is 8.58. The van der Waals surface area contributed by atoms with E-state index in [-0.39, 0.29) is 6.61 Å². The monoisotopic (exact) mass is 251 g/mol. The van der Waals surface area contributed by atoms with Crippen LogP contribution in [0.1, 0.15) is 5.56 Å². The van der Waals surface area contributed by atoms with E-state index in [1.54, 1.807) is 24.3 Å². The lowest BCUT2D eigenvalue weighted by Gasteiger charge is -1.99. The van der Waals surface area contributed by atoms with E-state index in [1.165, 1.54) is 0 Å². The molecule has 1 aromatic rings. The van der Waals surface area contributed by atoms with Crippen LogP contribution >= 0.6 is 0 Å². The van der Waals surface area contributed by atoms with Crippen molar-refractivity contribution >= 4 is 18.3 Å². The van der Waals surface area contributed by atoms with Gasteiger partial charge in [0, 0.05) is 0 Å². The van der Waals surface area contributed by atoms with Gasteiger partial charge in [0.1, 0.15) is 6.61 Å². The number of hydrogen-bond acceptors (Lipinski definition) is 5. The van der Waals surface area contributed by atoms with Gasteiger partial charge in [0.25, 0.3) is 0 Å².